The maximum Gasteiger partial charge on any atom is 0.0896 e. The van der Waals surface area contributed by atoms with Crippen molar-refractivity contribution in [3.05, 3.63) is 16.1 Å². The number of nitrogens with one attached hydrogen (secondary N) is 1. The molecule has 0 bridgehead atoms. The van der Waals surface area contributed by atoms with E-state index in [-0.39, 0.29) is 0 Å². The van der Waals surface area contributed by atoms with E-state index in [2.05, 4.69) is 17.2 Å². The Morgan fingerprint density at radius 1 is 1.62 bits per heavy atom. The first-order valence-electron chi connectivity index (χ1n) is 4.80. The molecule has 1 aromatic heterocycles. The van der Waals surface area contributed by atoms with Crippen molar-refractivity contribution in [2.24, 2.45) is 5.41 Å². The van der Waals surface area contributed by atoms with Crippen LogP contribution in [-0.4, -0.2) is 18.6 Å². The summed E-state index contributed by atoms with van der Waals surface area (Å²) in [6.45, 7) is 3.23. The van der Waals surface area contributed by atoms with Gasteiger partial charge in [-0.2, -0.15) is 0 Å². The highest BCUT2D eigenvalue weighted by Gasteiger charge is 2.41. The zero-order valence-corrected chi connectivity index (χ0v) is 9.08. The van der Waals surface area contributed by atoms with Crippen LogP contribution in [0.1, 0.15) is 22.7 Å². The van der Waals surface area contributed by atoms with Crippen LogP contribution < -0.4 is 5.32 Å². The molecule has 0 saturated heterocycles. The predicted molar refractivity (Wildman–Crippen MR) is 56.1 cm³/mol. The number of aromatic nitrogens is 1. The second-order valence-electron chi connectivity index (χ2n) is 4.05. The molecule has 1 aromatic rings. The average Bonchev–Trinajstić information content (AvgIpc) is 2.70. The van der Waals surface area contributed by atoms with Gasteiger partial charge >= 0.3 is 0 Å². The summed E-state index contributed by atoms with van der Waals surface area (Å²) in [5.74, 6) is 0. The zero-order valence-electron chi connectivity index (χ0n) is 8.26. The monoisotopic (exact) mass is 196 g/mol. The fourth-order valence-corrected chi connectivity index (χ4v) is 2.79. The Hall–Kier alpha value is -0.410. The van der Waals surface area contributed by atoms with Gasteiger partial charge in [0.05, 0.1) is 5.01 Å². The van der Waals surface area contributed by atoms with E-state index >= 15 is 0 Å². The van der Waals surface area contributed by atoms with Crippen LogP contribution in [0.2, 0.25) is 0 Å². The number of thiazole rings is 1. The van der Waals surface area contributed by atoms with Crippen LogP contribution in [0.3, 0.4) is 0 Å². The lowest BCUT2D eigenvalue weighted by molar-refractivity contribution is 0.481. The Morgan fingerprint density at radius 3 is 2.85 bits per heavy atom. The molecule has 1 fully saturated rings. The van der Waals surface area contributed by atoms with E-state index < -0.39 is 0 Å². The molecule has 0 unspecified atom stereocenters. The lowest BCUT2D eigenvalue weighted by atomic mass is 10.0. The molecule has 2 nitrogen and oxygen atoms in total. The third-order valence-corrected chi connectivity index (χ3v) is 3.64. The third-order valence-electron chi connectivity index (χ3n) is 2.73. The molecule has 13 heavy (non-hydrogen) atoms. The van der Waals surface area contributed by atoms with Gasteiger partial charge in [-0.15, -0.1) is 11.3 Å². The summed E-state index contributed by atoms with van der Waals surface area (Å²) in [5.41, 5.74) is 0.577. The first kappa shape index (κ1) is 9.16. The Labute approximate surface area is 83.4 Å². The molecule has 72 valence electrons. The second-order valence-corrected chi connectivity index (χ2v) is 5.37. The van der Waals surface area contributed by atoms with Gasteiger partial charge in [0.1, 0.15) is 0 Å². The molecule has 1 heterocycles. The van der Waals surface area contributed by atoms with Crippen molar-refractivity contribution >= 4 is 11.3 Å². The van der Waals surface area contributed by atoms with Gasteiger partial charge in [0.15, 0.2) is 0 Å². The van der Waals surface area contributed by atoms with Crippen LogP contribution in [0, 0.1) is 12.3 Å². The number of rotatable bonds is 4. The van der Waals surface area contributed by atoms with Crippen LogP contribution in [0.15, 0.2) is 6.20 Å². The highest BCUT2D eigenvalue weighted by molar-refractivity contribution is 7.11. The van der Waals surface area contributed by atoms with Crippen molar-refractivity contribution in [2.45, 2.75) is 26.2 Å². The molecule has 0 amide bonds. The topological polar surface area (TPSA) is 24.9 Å². The van der Waals surface area contributed by atoms with Gasteiger partial charge in [-0.3, -0.25) is 0 Å². The van der Waals surface area contributed by atoms with Gasteiger partial charge < -0.3 is 5.32 Å². The summed E-state index contributed by atoms with van der Waals surface area (Å²) < 4.78 is 0. The molecule has 2 rings (SSSR count). The highest BCUT2D eigenvalue weighted by Crippen LogP contribution is 2.48. The molecule has 0 aromatic carbocycles. The maximum absolute atomic E-state index is 4.29. The molecule has 1 aliphatic rings. The van der Waals surface area contributed by atoms with Crippen LogP contribution in [0.25, 0.3) is 0 Å². The maximum atomic E-state index is 4.29. The largest absolute Gasteiger partial charge is 0.319 e. The number of hydrogen-bond acceptors (Lipinski definition) is 3. The van der Waals surface area contributed by atoms with E-state index in [1.165, 1.54) is 29.1 Å². The normalized spacial score (nSPS) is 18.9. The van der Waals surface area contributed by atoms with Crippen LogP contribution in [-0.2, 0) is 6.42 Å². The summed E-state index contributed by atoms with van der Waals surface area (Å²) >= 11 is 1.84. The first-order valence-corrected chi connectivity index (χ1v) is 5.62. The van der Waals surface area contributed by atoms with Crippen molar-refractivity contribution in [1.29, 1.82) is 0 Å². The molecular formula is C10H16N2S. The van der Waals surface area contributed by atoms with Crippen molar-refractivity contribution in [1.82, 2.24) is 10.3 Å². The SMILES string of the molecule is CNCC1(Cc2cnc(C)s2)CC1. The standard InChI is InChI=1S/C10H16N2S/c1-8-12-6-9(13-8)5-10(3-4-10)7-11-2/h6,11H,3-5,7H2,1-2H3. The summed E-state index contributed by atoms with van der Waals surface area (Å²) in [4.78, 5) is 5.74. The third kappa shape index (κ3) is 2.09. The lowest BCUT2D eigenvalue weighted by Crippen LogP contribution is -2.21. The van der Waals surface area contributed by atoms with Gasteiger partial charge in [0.25, 0.3) is 0 Å². The number of hydrogen-bond donors (Lipinski definition) is 1. The minimum absolute atomic E-state index is 0.577. The van der Waals surface area contributed by atoms with Crippen molar-refractivity contribution < 1.29 is 0 Å². The van der Waals surface area contributed by atoms with E-state index in [1.807, 2.05) is 24.6 Å². The second kappa shape index (κ2) is 3.39. The van der Waals surface area contributed by atoms with Gasteiger partial charge in [-0.1, -0.05) is 0 Å². The van der Waals surface area contributed by atoms with Gasteiger partial charge in [0.2, 0.25) is 0 Å². The summed E-state index contributed by atoms with van der Waals surface area (Å²) in [6, 6.07) is 0. The van der Waals surface area contributed by atoms with Crippen LogP contribution in [0.5, 0.6) is 0 Å². The fraction of sp³-hybridized carbons (Fsp3) is 0.700. The zero-order chi connectivity index (χ0) is 9.31. The van der Waals surface area contributed by atoms with Crippen LogP contribution >= 0.6 is 11.3 Å². The molecule has 1 aliphatic carbocycles. The van der Waals surface area contributed by atoms with Crippen molar-refractivity contribution in [2.75, 3.05) is 13.6 Å². The van der Waals surface area contributed by atoms with Gasteiger partial charge in [0, 0.05) is 17.6 Å². The van der Waals surface area contributed by atoms with E-state index in [0.717, 1.165) is 6.54 Å². The molecule has 1 N–H and O–H groups in total. The Kier molecular flexibility index (Phi) is 2.39. The molecule has 0 spiro atoms. The van der Waals surface area contributed by atoms with Crippen molar-refractivity contribution in [3.63, 3.8) is 0 Å². The Bertz CT molecular complexity index is 289. The Balaban J connectivity index is 1.98. The first-order chi connectivity index (χ1) is 6.24. The number of nitrogens with zero attached hydrogens (tertiary/aromatic N) is 1. The van der Waals surface area contributed by atoms with E-state index in [9.17, 15) is 0 Å². The minimum Gasteiger partial charge on any atom is -0.319 e. The molecule has 1 saturated carbocycles. The fourth-order valence-electron chi connectivity index (χ4n) is 1.82. The van der Waals surface area contributed by atoms with Gasteiger partial charge in [-0.25, -0.2) is 4.98 Å². The highest BCUT2D eigenvalue weighted by atomic mass is 32.1. The molecule has 0 aliphatic heterocycles. The lowest BCUT2D eigenvalue weighted by Gasteiger charge is -2.11. The molecule has 0 radical (unpaired) electrons. The molecule has 3 heteroatoms. The van der Waals surface area contributed by atoms with E-state index in [0.29, 0.717) is 5.41 Å². The number of aryl methyl sites for hydroxylation is 1. The summed E-state index contributed by atoms with van der Waals surface area (Å²) in [5, 5.41) is 4.47. The summed E-state index contributed by atoms with van der Waals surface area (Å²) in [7, 11) is 2.04. The average molecular weight is 196 g/mol. The molecule has 0 atom stereocenters. The predicted octanol–water partition coefficient (Wildman–Crippen LogP) is 1.99. The van der Waals surface area contributed by atoms with Crippen molar-refractivity contribution in [3.8, 4) is 0 Å². The van der Waals surface area contributed by atoms with Crippen LogP contribution in [0.4, 0.5) is 0 Å². The van der Waals surface area contributed by atoms with E-state index in [4.69, 9.17) is 0 Å². The van der Waals surface area contributed by atoms with E-state index in [1.54, 1.807) is 0 Å². The smallest absolute Gasteiger partial charge is 0.0896 e. The minimum atomic E-state index is 0.577. The summed E-state index contributed by atoms with van der Waals surface area (Å²) in [6.07, 6.45) is 6.02. The Morgan fingerprint density at radius 2 is 2.38 bits per heavy atom. The quantitative estimate of drug-likeness (QED) is 0.796. The van der Waals surface area contributed by atoms with Gasteiger partial charge in [-0.05, 0) is 38.6 Å². The molecular weight excluding hydrogens is 180 g/mol.